The van der Waals surface area contributed by atoms with Gasteiger partial charge in [-0.1, -0.05) is 145 Å². The van der Waals surface area contributed by atoms with Gasteiger partial charge in [-0.2, -0.15) is 11.5 Å². The molecule has 0 saturated heterocycles. The van der Waals surface area contributed by atoms with Crippen molar-refractivity contribution < 1.29 is 21.1 Å². The summed E-state index contributed by atoms with van der Waals surface area (Å²) in [6.45, 7) is 4.11. The first-order valence-corrected chi connectivity index (χ1v) is 24.3. The van der Waals surface area contributed by atoms with Crippen molar-refractivity contribution in [2.45, 2.75) is 13.8 Å². The van der Waals surface area contributed by atoms with Gasteiger partial charge in [0.15, 0.2) is 0 Å². The van der Waals surface area contributed by atoms with Crippen molar-refractivity contribution in [3.05, 3.63) is 236 Å². The van der Waals surface area contributed by atoms with Gasteiger partial charge >= 0.3 is 21.1 Å². The van der Waals surface area contributed by atoms with Crippen LogP contribution in [0, 0.1) is 26.0 Å². The van der Waals surface area contributed by atoms with E-state index in [1.807, 2.05) is 12.3 Å². The van der Waals surface area contributed by atoms with Crippen molar-refractivity contribution in [2.24, 2.45) is 0 Å². The standard InChI is InChI=1S/C64H41BN6.Pt/c1-40-17-13-18-41(2)63(40)71-56-28-10-8-26-51(56)67-64(71)44-34-35-55-49(37-44)65-50-39-59-48(47-25-7-9-27-54(47)70(59)61-33-11-12-36-66-61)38-60(50)69(53-30-15-22-43-20-4-6-24-46(43)53)58-32-16-31-57(62(58)65)68(55)52-29-14-21-42-19-3-5-23-45(42)52;/h3-36,38H,1-2H3;/q-2;+2. The Labute approximate surface area is 431 Å². The van der Waals surface area contributed by atoms with E-state index in [2.05, 4.69) is 245 Å². The van der Waals surface area contributed by atoms with E-state index < -0.39 is 0 Å². The van der Waals surface area contributed by atoms with Crippen molar-refractivity contribution in [2.75, 3.05) is 9.80 Å². The van der Waals surface area contributed by atoms with Gasteiger partial charge in [0.25, 0.3) is 0 Å². The SMILES string of the molecule is Cc1cccc(C)c1-n1c(-c2[c-]c3c(cc2)N(c2cccc4ccccc24)c2cccc4c2B3c2[c-]c3c(cc2N4c2cccc4ccccc24)c2ccccc2n3-c2ccccn2)nc2ccccc21.[Pt+2]. The van der Waals surface area contributed by atoms with Crippen LogP contribution in [0.25, 0.3) is 77.3 Å². The minimum Gasteiger partial charge on any atom is -0.366 e. The van der Waals surface area contributed by atoms with E-state index in [1.165, 1.54) is 38.1 Å². The van der Waals surface area contributed by atoms with Gasteiger partial charge in [0.05, 0.1) is 16.9 Å². The first-order chi connectivity index (χ1) is 35.1. The molecule has 0 atom stereocenters. The number of nitrogens with zero attached hydrogens (tertiary/aromatic N) is 6. The number of hydrogen-bond acceptors (Lipinski definition) is 4. The Kier molecular flexibility index (Phi) is 9.58. The summed E-state index contributed by atoms with van der Waals surface area (Å²) in [6, 6.07) is 82.9. The zero-order chi connectivity index (χ0) is 46.9. The maximum absolute atomic E-state index is 5.46. The second-order valence-electron chi connectivity index (χ2n) is 18.9. The second kappa shape index (κ2) is 16.3. The molecule has 0 fully saturated rings. The molecule has 0 aliphatic carbocycles. The third-order valence-electron chi connectivity index (χ3n) is 14.9. The maximum atomic E-state index is 5.46. The number of anilines is 6. The molecule has 0 spiro atoms. The van der Waals surface area contributed by atoms with Gasteiger partial charge in [-0.25, -0.2) is 4.98 Å². The van der Waals surface area contributed by atoms with Gasteiger partial charge in [0, 0.05) is 50.9 Å². The molecule has 6 nitrogen and oxygen atoms in total. The molecule has 13 aromatic rings. The quantitative estimate of drug-likeness (QED) is 0.127. The minimum atomic E-state index is -0.277. The fraction of sp³-hybridized carbons (Fsp3) is 0.0312. The predicted molar refractivity (Wildman–Crippen MR) is 295 cm³/mol. The third kappa shape index (κ3) is 6.07. The van der Waals surface area contributed by atoms with Crippen LogP contribution in [0.1, 0.15) is 11.1 Å². The van der Waals surface area contributed by atoms with Gasteiger partial charge < -0.3 is 18.9 Å². The Hall–Kier alpha value is -8.51. The maximum Gasteiger partial charge on any atom is 2.00 e. The number of hydrogen-bond donors (Lipinski definition) is 0. The molecule has 15 rings (SSSR count). The molecular formula is C64H41BN6Pt. The molecule has 0 unspecified atom stereocenters. The second-order valence-corrected chi connectivity index (χ2v) is 18.9. The van der Waals surface area contributed by atoms with Crippen LogP contribution in [0.3, 0.4) is 0 Å². The normalized spacial score (nSPS) is 12.7. The van der Waals surface area contributed by atoms with Crippen LogP contribution < -0.4 is 26.2 Å². The summed E-state index contributed by atoms with van der Waals surface area (Å²) in [4.78, 5) is 15.4. The Bertz CT molecular complexity index is 4340. The molecule has 0 amide bonds. The minimum absolute atomic E-state index is 0. The van der Waals surface area contributed by atoms with E-state index in [-0.39, 0.29) is 27.8 Å². The van der Waals surface area contributed by atoms with Gasteiger partial charge in [0.2, 0.25) is 6.71 Å². The summed E-state index contributed by atoms with van der Waals surface area (Å²) < 4.78 is 4.63. The van der Waals surface area contributed by atoms with Crippen LogP contribution in [-0.2, 0) is 21.1 Å². The monoisotopic (exact) mass is 1100 g/mol. The van der Waals surface area contributed by atoms with Crippen LogP contribution in [0.5, 0.6) is 0 Å². The van der Waals surface area contributed by atoms with Crippen molar-refractivity contribution in [1.29, 1.82) is 0 Å². The molecule has 5 heterocycles. The van der Waals surface area contributed by atoms with E-state index in [0.29, 0.717) is 0 Å². The van der Waals surface area contributed by atoms with E-state index in [0.717, 1.165) is 101 Å². The number of aryl methyl sites for hydroxylation is 2. The molecule has 0 radical (unpaired) electrons. The van der Waals surface area contributed by atoms with Crippen LogP contribution in [-0.4, -0.2) is 25.8 Å². The molecule has 0 saturated carbocycles. The van der Waals surface area contributed by atoms with Crippen LogP contribution >= 0.6 is 0 Å². The Morgan fingerprint density at radius 3 is 1.72 bits per heavy atom. The molecule has 10 aromatic carbocycles. The smallest absolute Gasteiger partial charge is 0.366 e. The molecule has 72 heavy (non-hydrogen) atoms. The summed E-state index contributed by atoms with van der Waals surface area (Å²) in [7, 11) is 0. The molecule has 0 bridgehead atoms. The first-order valence-electron chi connectivity index (χ1n) is 24.3. The molecule has 2 aliphatic heterocycles. The number of aromatic nitrogens is 4. The Morgan fingerprint density at radius 1 is 0.444 bits per heavy atom. The zero-order valence-corrected chi connectivity index (χ0v) is 41.6. The predicted octanol–water partition coefficient (Wildman–Crippen LogP) is 13.8. The van der Waals surface area contributed by atoms with E-state index in [9.17, 15) is 0 Å². The number of pyridine rings is 1. The van der Waals surface area contributed by atoms with E-state index in [4.69, 9.17) is 9.97 Å². The van der Waals surface area contributed by atoms with Gasteiger partial charge in [0.1, 0.15) is 5.82 Å². The van der Waals surface area contributed by atoms with Gasteiger partial charge in [-0.3, -0.25) is 4.98 Å². The summed E-state index contributed by atoms with van der Waals surface area (Å²) in [5.74, 6) is 1.70. The third-order valence-corrected chi connectivity index (χ3v) is 14.9. The molecule has 0 N–H and O–H groups in total. The number of para-hydroxylation sites is 4. The van der Waals surface area contributed by atoms with Crippen molar-refractivity contribution in [3.8, 4) is 22.9 Å². The average Bonchev–Trinajstić information content (AvgIpc) is 3.96. The van der Waals surface area contributed by atoms with E-state index in [1.54, 1.807) is 0 Å². The summed E-state index contributed by atoms with van der Waals surface area (Å²) in [5, 5.41) is 6.98. The fourth-order valence-corrected chi connectivity index (χ4v) is 12.0. The van der Waals surface area contributed by atoms with Crippen LogP contribution in [0.4, 0.5) is 34.1 Å². The van der Waals surface area contributed by atoms with E-state index >= 15 is 0 Å². The number of fused-ring (bicyclic) bond motifs is 10. The average molecular weight is 1100 g/mol. The van der Waals surface area contributed by atoms with Crippen molar-refractivity contribution in [3.63, 3.8) is 0 Å². The molecule has 3 aromatic heterocycles. The van der Waals surface area contributed by atoms with Gasteiger partial charge in [-0.15, -0.1) is 40.7 Å². The molecule has 340 valence electrons. The van der Waals surface area contributed by atoms with Gasteiger partial charge in [-0.05, 0) is 107 Å². The Morgan fingerprint density at radius 2 is 1.01 bits per heavy atom. The topological polar surface area (TPSA) is 42.1 Å². The molecule has 8 heteroatoms. The summed E-state index contributed by atoms with van der Waals surface area (Å²) in [5.41, 5.74) is 18.4. The first kappa shape index (κ1) is 42.4. The van der Waals surface area contributed by atoms with Crippen LogP contribution in [0.2, 0.25) is 0 Å². The molecular weight excluding hydrogens is 1060 g/mol. The van der Waals surface area contributed by atoms with Crippen molar-refractivity contribution in [1.82, 2.24) is 19.1 Å². The largest absolute Gasteiger partial charge is 2.00 e. The number of rotatable bonds is 5. The Balaban J connectivity index is 0.00000482. The number of imidazole rings is 1. The summed E-state index contributed by atoms with van der Waals surface area (Å²) in [6.07, 6.45) is 1.88. The summed E-state index contributed by atoms with van der Waals surface area (Å²) >= 11 is 0. The molecule has 2 aliphatic rings. The van der Waals surface area contributed by atoms with Crippen LogP contribution in [0.15, 0.2) is 212 Å². The van der Waals surface area contributed by atoms with Crippen molar-refractivity contribution >= 4 is 112 Å². The number of benzene rings is 10. The fourth-order valence-electron chi connectivity index (χ4n) is 12.0. The zero-order valence-electron chi connectivity index (χ0n) is 39.3.